The van der Waals surface area contributed by atoms with Crippen LogP contribution < -0.4 is 4.72 Å². The highest BCUT2D eigenvalue weighted by atomic mass is 127. The monoisotopic (exact) mass is 332 g/mol. The van der Waals surface area contributed by atoms with Crippen LogP contribution in [0, 0.1) is 5.92 Å². The minimum Gasteiger partial charge on any atom is -0.306 e. The molecular weight excluding hydrogens is 319 g/mol. The second kappa shape index (κ2) is 4.75. The number of rotatable bonds is 2. The third-order valence-corrected chi connectivity index (χ3v) is 3.42. The Bertz CT molecular complexity index is 309. The average Bonchev–Trinajstić information content (AvgIpc) is 2.02. The van der Waals surface area contributed by atoms with E-state index in [1.165, 1.54) is 21.2 Å². The van der Waals surface area contributed by atoms with Crippen LogP contribution in [0.4, 0.5) is 0 Å². The minimum atomic E-state index is -3.43. The number of hydrogen-bond acceptors (Lipinski definition) is 4. The van der Waals surface area contributed by atoms with Gasteiger partial charge in [0.1, 0.15) is 0 Å². The molecule has 1 heterocycles. The molecule has 1 rings (SSSR count). The van der Waals surface area contributed by atoms with E-state index in [2.05, 4.69) is 4.90 Å². The summed E-state index contributed by atoms with van der Waals surface area (Å²) < 4.78 is 23.6. The Morgan fingerprint density at radius 2 is 1.93 bits per heavy atom. The molecule has 14 heavy (non-hydrogen) atoms. The summed E-state index contributed by atoms with van der Waals surface area (Å²) in [5.41, 5.74) is 0. The van der Waals surface area contributed by atoms with Gasteiger partial charge in [0.05, 0.1) is 21.2 Å². The number of amides is 1. The molecular formula is C7H13IN2O3S. The number of nitrogens with one attached hydrogen (secondary N) is 1. The van der Waals surface area contributed by atoms with Gasteiger partial charge in [-0.3, -0.25) is 4.79 Å². The van der Waals surface area contributed by atoms with Crippen LogP contribution in [0.2, 0.25) is 0 Å². The minimum absolute atomic E-state index is 0.157. The molecule has 82 valence electrons. The molecule has 1 N–H and O–H groups in total. The lowest BCUT2D eigenvalue weighted by Gasteiger charge is -2.27. The van der Waals surface area contributed by atoms with E-state index >= 15 is 0 Å². The van der Waals surface area contributed by atoms with Crippen molar-refractivity contribution in [2.24, 2.45) is 5.92 Å². The highest BCUT2D eigenvalue weighted by Gasteiger charge is 2.25. The van der Waals surface area contributed by atoms with Gasteiger partial charge < -0.3 is 4.90 Å². The van der Waals surface area contributed by atoms with Crippen molar-refractivity contribution in [3.8, 4) is 0 Å². The summed E-state index contributed by atoms with van der Waals surface area (Å²) in [6, 6.07) is 0. The Morgan fingerprint density at radius 1 is 1.43 bits per heavy atom. The second-order valence-corrected chi connectivity index (χ2v) is 8.04. The molecule has 0 radical (unpaired) electrons. The Kier molecular flexibility index (Phi) is 4.14. The lowest BCUT2D eigenvalue weighted by atomic mass is 9.97. The maximum Gasteiger partial charge on any atom is 0.288 e. The van der Waals surface area contributed by atoms with Crippen LogP contribution in [-0.2, 0) is 12.0 Å². The van der Waals surface area contributed by atoms with Gasteiger partial charge in [0.15, 0.2) is 0 Å². The summed E-state index contributed by atoms with van der Waals surface area (Å²) in [6.07, 6.45) is 1.46. The van der Waals surface area contributed by atoms with Crippen LogP contribution in [-0.4, -0.2) is 39.4 Å². The van der Waals surface area contributed by atoms with Crippen LogP contribution >= 0.6 is 21.2 Å². The van der Waals surface area contributed by atoms with Crippen molar-refractivity contribution in [2.75, 3.05) is 20.1 Å². The van der Waals surface area contributed by atoms with Crippen LogP contribution in [0.3, 0.4) is 0 Å². The molecule has 1 amide bonds. The fourth-order valence-electron chi connectivity index (χ4n) is 1.47. The fraction of sp³-hybridized carbons (Fsp3) is 0.857. The molecule has 1 aliphatic heterocycles. The largest absolute Gasteiger partial charge is 0.306 e. The van der Waals surface area contributed by atoms with Crippen LogP contribution in [0.25, 0.3) is 0 Å². The third-order valence-electron chi connectivity index (χ3n) is 2.31. The molecule has 0 spiro atoms. The highest BCUT2D eigenvalue weighted by molar-refractivity contribution is 14.2. The Balaban J connectivity index is 2.46. The van der Waals surface area contributed by atoms with E-state index in [0.29, 0.717) is 0 Å². The maximum absolute atomic E-state index is 11.4. The first-order valence-electron chi connectivity index (χ1n) is 4.33. The summed E-state index contributed by atoms with van der Waals surface area (Å²) in [5, 5.41) is 0. The number of nitrogens with zero attached hydrogens (tertiary/aromatic N) is 1. The van der Waals surface area contributed by atoms with E-state index in [4.69, 9.17) is 0 Å². The van der Waals surface area contributed by atoms with Crippen molar-refractivity contribution < 1.29 is 13.2 Å². The smallest absolute Gasteiger partial charge is 0.288 e. The molecule has 1 fully saturated rings. The van der Waals surface area contributed by atoms with E-state index in [-0.39, 0.29) is 11.8 Å². The number of hydrogen-bond donors (Lipinski definition) is 1. The topological polar surface area (TPSA) is 66.5 Å². The number of carbonyl (C=O) groups excluding carboxylic acids is 1. The number of halogens is 1. The first-order valence-corrected chi connectivity index (χ1v) is 8.36. The quantitative estimate of drug-likeness (QED) is 0.576. The SMILES string of the molecule is CN1CCC(C(=O)NS(=O)(=O)I)CC1. The molecule has 0 bridgehead atoms. The van der Waals surface area contributed by atoms with Gasteiger partial charge in [0.2, 0.25) is 5.91 Å². The van der Waals surface area contributed by atoms with Gasteiger partial charge in [-0.05, 0) is 33.0 Å². The van der Waals surface area contributed by atoms with Gasteiger partial charge >= 0.3 is 0 Å². The standard InChI is InChI=1S/C7H13IN2O3S/c1-10-4-2-6(3-5-10)7(11)9-14(8,12)13/h6H,2-5H2,1H3,(H,9,11). The zero-order valence-corrected chi connectivity index (χ0v) is 10.8. The van der Waals surface area contributed by atoms with Crippen LogP contribution in [0.1, 0.15) is 12.8 Å². The zero-order valence-electron chi connectivity index (χ0n) is 7.86. The van der Waals surface area contributed by atoms with E-state index in [1.807, 2.05) is 11.8 Å². The number of carbonyl (C=O) groups is 1. The summed E-state index contributed by atoms with van der Waals surface area (Å²) in [5.74, 6) is -0.525. The van der Waals surface area contributed by atoms with Crippen molar-refractivity contribution in [1.29, 1.82) is 0 Å². The molecule has 0 aliphatic carbocycles. The predicted octanol–water partition coefficient (Wildman–Crippen LogP) is 0.124. The third kappa shape index (κ3) is 4.09. The Labute approximate surface area is 95.9 Å². The molecule has 0 saturated carbocycles. The normalized spacial score (nSPS) is 20.7. The second-order valence-electron chi connectivity index (χ2n) is 3.48. The van der Waals surface area contributed by atoms with Crippen LogP contribution in [0.5, 0.6) is 0 Å². The molecule has 5 nitrogen and oxygen atoms in total. The zero-order chi connectivity index (χ0) is 10.8. The van der Waals surface area contributed by atoms with Gasteiger partial charge in [-0.15, -0.1) is 0 Å². The van der Waals surface area contributed by atoms with Gasteiger partial charge in [-0.25, -0.2) is 4.72 Å². The molecule has 1 saturated heterocycles. The van der Waals surface area contributed by atoms with Gasteiger partial charge in [-0.1, -0.05) is 0 Å². The summed E-state index contributed by atoms with van der Waals surface area (Å²) in [7, 11) is -1.44. The van der Waals surface area contributed by atoms with Gasteiger partial charge in [-0.2, -0.15) is 8.42 Å². The molecule has 0 aromatic rings. The van der Waals surface area contributed by atoms with E-state index < -0.39 is 7.19 Å². The van der Waals surface area contributed by atoms with Crippen molar-refractivity contribution in [3.05, 3.63) is 0 Å². The van der Waals surface area contributed by atoms with Crippen molar-refractivity contribution in [2.45, 2.75) is 12.8 Å². The maximum atomic E-state index is 11.4. The lowest BCUT2D eigenvalue weighted by Crippen LogP contribution is -2.39. The number of likely N-dealkylation sites (tertiary alicyclic amines) is 1. The molecule has 0 aromatic carbocycles. The number of piperidine rings is 1. The van der Waals surface area contributed by atoms with E-state index in [9.17, 15) is 13.2 Å². The summed E-state index contributed by atoms with van der Waals surface area (Å²) in [6.45, 7) is 1.69. The lowest BCUT2D eigenvalue weighted by molar-refractivity contribution is -0.124. The van der Waals surface area contributed by atoms with Gasteiger partial charge in [0.25, 0.3) is 7.19 Å². The van der Waals surface area contributed by atoms with E-state index in [0.717, 1.165) is 25.9 Å². The van der Waals surface area contributed by atoms with Crippen molar-refractivity contribution in [1.82, 2.24) is 9.62 Å². The molecule has 0 atom stereocenters. The highest BCUT2D eigenvalue weighted by Crippen LogP contribution is 2.16. The average molecular weight is 332 g/mol. The molecule has 7 heteroatoms. The molecule has 1 aliphatic rings. The molecule has 0 aromatic heterocycles. The molecule has 0 unspecified atom stereocenters. The summed E-state index contributed by atoms with van der Waals surface area (Å²) >= 11 is 1.22. The van der Waals surface area contributed by atoms with E-state index in [1.54, 1.807) is 0 Å². The van der Waals surface area contributed by atoms with Gasteiger partial charge in [0, 0.05) is 5.92 Å². The Hall–Kier alpha value is 0.110. The predicted molar refractivity (Wildman–Crippen MR) is 61.3 cm³/mol. The first-order chi connectivity index (χ1) is 6.38. The van der Waals surface area contributed by atoms with Crippen LogP contribution in [0.15, 0.2) is 0 Å². The first kappa shape index (κ1) is 12.2. The Morgan fingerprint density at radius 3 is 2.36 bits per heavy atom. The van der Waals surface area contributed by atoms with Crippen molar-refractivity contribution >= 4 is 34.3 Å². The fourth-order valence-corrected chi connectivity index (χ4v) is 2.53. The summed E-state index contributed by atoms with van der Waals surface area (Å²) in [4.78, 5) is 13.5. The van der Waals surface area contributed by atoms with Crippen molar-refractivity contribution in [3.63, 3.8) is 0 Å².